The third-order valence-corrected chi connectivity index (χ3v) is 2.85. The minimum absolute atomic E-state index is 0.760. The zero-order valence-electron chi connectivity index (χ0n) is 6.92. The van der Waals surface area contributed by atoms with Crippen molar-refractivity contribution in [1.29, 1.82) is 0 Å². The standard InChI is InChI=1S/C9H11BrOS/c1-11-7-12-6-8-2-4-9(10)5-3-8/h2-5H,6-7H2,1H3. The van der Waals surface area contributed by atoms with Gasteiger partial charge in [-0.05, 0) is 17.7 Å². The molecule has 0 atom stereocenters. The van der Waals surface area contributed by atoms with Gasteiger partial charge in [0.15, 0.2) is 0 Å². The van der Waals surface area contributed by atoms with E-state index in [1.165, 1.54) is 5.56 Å². The fourth-order valence-electron chi connectivity index (χ4n) is 0.823. The van der Waals surface area contributed by atoms with Crippen molar-refractivity contribution in [2.75, 3.05) is 13.0 Å². The normalized spacial score (nSPS) is 10.2. The van der Waals surface area contributed by atoms with E-state index in [2.05, 4.69) is 40.2 Å². The Morgan fingerprint density at radius 3 is 2.58 bits per heavy atom. The fraction of sp³-hybridized carbons (Fsp3) is 0.333. The van der Waals surface area contributed by atoms with Crippen LogP contribution in [-0.2, 0) is 10.5 Å². The second-order valence-corrected chi connectivity index (χ2v) is 4.23. The molecule has 0 amide bonds. The molecule has 0 saturated carbocycles. The summed E-state index contributed by atoms with van der Waals surface area (Å²) in [7, 11) is 1.72. The highest BCUT2D eigenvalue weighted by molar-refractivity contribution is 9.10. The maximum atomic E-state index is 4.94. The second kappa shape index (κ2) is 5.62. The monoisotopic (exact) mass is 246 g/mol. The maximum absolute atomic E-state index is 4.94. The van der Waals surface area contributed by atoms with Crippen LogP contribution in [0.25, 0.3) is 0 Å². The lowest BCUT2D eigenvalue weighted by atomic mass is 10.2. The molecule has 0 aliphatic heterocycles. The van der Waals surface area contributed by atoms with Crippen molar-refractivity contribution < 1.29 is 4.74 Å². The predicted octanol–water partition coefficient (Wildman–Crippen LogP) is 3.29. The summed E-state index contributed by atoms with van der Waals surface area (Å²) in [5.74, 6) is 1.77. The van der Waals surface area contributed by atoms with Crippen LogP contribution in [0.4, 0.5) is 0 Å². The van der Waals surface area contributed by atoms with Gasteiger partial charge in [0, 0.05) is 17.3 Å². The van der Waals surface area contributed by atoms with Crippen LogP contribution in [0.2, 0.25) is 0 Å². The highest BCUT2D eigenvalue weighted by Gasteiger charge is 1.92. The average molecular weight is 247 g/mol. The van der Waals surface area contributed by atoms with Gasteiger partial charge in [-0.3, -0.25) is 0 Å². The quantitative estimate of drug-likeness (QED) is 0.596. The molecule has 3 heteroatoms. The molecule has 1 aromatic carbocycles. The van der Waals surface area contributed by atoms with Crippen molar-refractivity contribution in [2.45, 2.75) is 5.75 Å². The Bertz CT molecular complexity index is 222. The molecular weight excluding hydrogens is 236 g/mol. The number of rotatable bonds is 4. The summed E-state index contributed by atoms with van der Waals surface area (Å²) in [4.78, 5) is 0. The van der Waals surface area contributed by atoms with Crippen LogP contribution in [-0.4, -0.2) is 13.0 Å². The first-order valence-corrected chi connectivity index (χ1v) is 5.59. The number of hydrogen-bond donors (Lipinski definition) is 0. The largest absolute Gasteiger partial charge is 0.374 e. The van der Waals surface area contributed by atoms with Gasteiger partial charge in [-0.1, -0.05) is 28.1 Å². The van der Waals surface area contributed by atoms with Gasteiger partial charge in [0.05, 0.1) is 5.94 Å². The number of methoxy groups -OCH3 is 1. The van der Waals surface area contributed by atoms with Crippen LogP contribution in [0.3, 0.4) is 0 Å². The van der Waals surface area contributed by atoms with Gasteiger partial charge in [-0.25, -0.2) is 0 Å². The fourth-order valence-corrected chi connectivity index (χ4v) is 1.77. The van der Waals surface area contributed by atoms with E-state index in [0.29, 0.717) is 0 Å². The third-order valence-electron chi connectivity index (χ3n) is 1.38. The Morgan fingerprint density at radius 1 is 1.33 bits per heavy atom. The highest BCUT2D eigenvalue weighted by atomic mass is 79.9. The summed E-state index contributed by atoms with van der Waals surface area (Å²) in [6.45, 7) is 0. The first-order chi connectivity index (χ1) is 5.83. The molecular formula is C9H11BrOS. The van der Waals surface area contributed by atoms with Crippen LogP contribution >= 0.6 is 27.7 Å². The molecule has 0 spiro atoms. The van der Waals surface area contributed by atoms with Gasteiger partial charge in [0.25, 0.3) is 0 Å². The van der Waals surface area contributed by atoms with E-state index in [4.69, 9.17) is 4.74 Å². The molecule has 0 saturated heterocycles. The molecule has 0 N–H and O–H groups in total. The number of benzene rings is 1. The Kier molecular flexibility index (Phi) is 4.73. The highest BCUT2D eigenvalue weighted by Crippen LogP contribution is 2.15. The zero-order chi connectivity index (χ0) is 8.81. The Hall–Kier alpha value is 0.01000. The summed E-state index contributed by atoms with van der Waals surface area (Å²) >= 11 is 5.17. The first-order valence-electron chi connectivity index (χ1n) is 3.64. The second-order valence-electron chi connectivity index (χ2n) is 2.38. The molecule has 66 valence electrons. The number of thioether (sulfide) groups is 1. The number of hydrogen-bond acceptors (Lipinski definition) is 2. The van der Waals surface area contributed by atoms with Crippen molar-refractivity contribution in [2.24, 2.45) is 0 Å². The predicted molar refractivity (Wildman–Crippen MR) is 57.3 cm³/mol. The van der Waals surface area contributed by atoms with Gasteiger partial charge in [-0.15, -0.1) is 11.8 Å². The van der Waals surface area contributed by atoms with E-state index >= 15 is 0 Å². The third kappa shape index (κ3) is 3.61. The SMILES string of the molecule is COCSCc1ccc(Br)cc1. The minimum atomic E-state index is 0.760. The topological polar surface area (TPSA) is 9.23 Å². The summed E-state index contributed by atoms with van der Waals surface area (Å²) < 4.78 is 6.07. The minimum Gasteiger partial charge on any atom is -0.374 e. The maximum Gasteiger partial charge on any atom is 0.0920 e. The summed E-state index contributed by atoms with van der Waals surface area (Å²) in [5, 5.41) is 0. The first kappa shape index (κ1) is 10.1. The van der Waals surface area contributed by atoms with E-state index in [9.17, 15) is 0 Å². The molecule has 0 heterocycles. The molecule has 12 heavy (non-hydrogen) atoms. The molecule has 0 radical (unpaired) electrons. The molecule has 0 bridgehead atoms. The van der Waals surface area contributed by atoms with Gasteiger partial charge in [-0.2, -0.15) is 0 Å². The van der Waals surface area contributed by atoms with Crippen LogP contribution in [0, 0.1) is 0 Å². The van der Waals surface area contributed by atoms with E-state index in [-0.39, 0.29) is 0 Å². The van der Waals surface area contributed by atoms with Gasteiger partial charge < -0.3 is 4.74 Å². The molecule has 1 rings (SSSR count). The lowest BCUT2D eigenvalue weighted by molar-refractivity contribution is 0.259. The van der Waals surface area contributed by atoms with Crippen LogP contribution in [0.5, 0.6) is 0 Å². The van der Waals surface area contributed by atoms with E-state index in [1.807, 2.05) is 0 Å². The molecule has 0 aliphatic rings. The summed E-state index contributed by atoms with van der Waals surface area (Å²) in [6.07, 6.45) is 0. The van der Waals surface area contributed by atoms with Crippen molar-refractivity contribution in [3.63, 3.8) is 0 Å². The lowest BCUT2D eigenvalue weighted by Gasteiger charge is -2.00. The van der Waals surface area contributed by atoms with Crippen molar-refractivity contribution in [3.8, 4) is 0 Å². The molecule has 1 aromatic rings. The molecule has 1 nitrogen and oxygen atoms in total. The zero-order valence-corrected chi connectivity index (χ0v) is 9.32. The Morgan fingerprint density at radius 2 is 2.00 bits per heavy atom. The number of halogens is 1. The van der Waals surface area contributed by atoms with E-state index in [0.717, 1.165) is 16.2 Å². The van der Waals surface area contributed by atoms with Crippen molar-refractivity contribution in [1.82, 2.24) is 0 Å². The van der Waals surface area contributed by atoms with E-state index in [1.54, 1.807) is 18.9 Å². The molecule has 0 aromatic heterocycles. The van der Waals surface area contributed by atoms with Crippen LogP contribution in [0.1, 0.15) is 5.56 Å². The molecule has 0 aliphatic carbocycles. The molecule has 0 fully saturated rings. The summed E-state index contributed by atoms with van der Waals surface area (Å²) in [5.41, 5.74) is 1.33. The van der Waals surface area contributed by atoms with Crippen molar-refractivity contribution in [3.05, 3.63) is 34.3 Å². The van der Waals surface area contributed by atoms with E-state index < -0.39 is 0 Å². The average Bonchev–Trinajstić information content (AvgIpc) is 2.09. The van der Waals surface area contributed by atoms with Crippen molar-refractivity contribution >= 4 is 27.7 Å². The smallest absolute Gasteiger partial charge is 0.0920 e. The lowest BCUT2D eigenvalue weighted by Crippen LogP contribution is -1.84. The summed E-state index contributed by atoms with van der Waals surface area (Å²) in [6, 6.07) is 8.35. The van der Waals surface area contributed by atoms with Gasteiger partial charge in [0.1, 0.15) is 0 Å². The Balaban J connectivity index is 2.37. The van der Waals surface area contributed by atoms with Crippen LogP contribution in [0.15, 0.2) is 28.7 Å². The van der Waals surface area contributed by atoms with Gasteiger partial charge in [0.2, 0.25) is 0 Å². The molecule has 0 unspecified atom stereocenters. The van der Waals surface area contributed by atoms with Crippen LogP contribution < -0.4 is 0 Å². The Labute approximate surface area is 85.6 Å². The number of ether oxygens (including phenoxy) is 1. The van der Waals surface area contributed by atoms with Gasteiger partial charge >= 0.3 is 0 Å².